The van der Waals surface area contributed by atoms with E-state index in [1.54, 1.807) is 0 Å². The molecule has 1 aliphatic rings. The third-order valence-electron chi connectivity index (χ3n) is 5.62. The highest BCUT2D eigenvalue weighted by Gasteiger charge is 2.29. The lowest BCUT2D eigenvalue weighted by atomic mass is 9.87. The van der Waals surface area contributed by atoms with Crippen molar-refractivity contribution in [3.05, 3.63) is 27.8 Å². The molecule has 1 aliphatic carbocycles. The molecule has 0 saturated heterocycles. The van der Waals surface area contributed by atoms with Crippen molar-refractivity contribution in [2.75, 3.05) is 0 Å². The summed E-state index contributed by atoms with van der Waals surface area (Å²) >= 11 is 0. The van der Waals surface area contributed by atoms with Crippen LogP contribution in [0.5, 0.6) is 0 Å². The molecule has 3 nitrogen and oxygen atoms in total. The molecule has 0 heterocycles. The number of benzene rings is 1. The van der Waals surface area contributed by atoms with E-state index in [9.17, 15) is 8.42 Å². The van der Waals surface area contributed by atoms with Gasteiger partial charge in [-0.25, -0.2) is 13.1 Å². The zero-order valence-corrected chi connectivity index (χ0v) is 15.5. The summed E-state index contributed by atoms with van der Waals surface area (Å²) in [6.07, 6.45) is 4.38. The number of rotatable bonds is 3. The number of hydrogen-bond acceptors (Lipinski definition) is 2. The van der Waals surface area contributed by atoms with Gasteiger partial charge in [0.15, 0.2) is 0 Å². The molecule has 2 atom stereocenters. The SMILES string of the molecule is Cc1c(C)c(C)c(S(=O)(=O)NC2CCCCC2C)c(C)c1C. The average molecular weight is 324 g/mol. The quantitative estimate of drug-likeness (QED) is 0.911. The summed E-state index contributed by atoms with van der Waals surface area (Å²) in [7, 11) is -3.47. The molecule has 2 rings (SSSR count). The van der Waals surface area contributed by atoms with Crippen LogP contribution in [0.3, 0.4) is 0 Å². The second-order valence-corrected chi connectivity index (χ2v) is 8.59. The third-order valence-corrected chi connectivity index (χ3v) is 7.38. The Bertz CT molecular complexity index is 648. The van der Waals surface area contributed by atoms with E-state index in [0.29, 0.717) is 10.8 Å². The predicted octanol–water partition coefficient (Wildman–Crippen LogP) is 4.09. The van der Waals surface area contributed by atoms with E-state index in [-0.39, 0.29) is 6.04 Å². The van der Waals surface area contributed by atoms with Gasteiger partial charge >= 0.3 is 0 Å². The standard InChI is InChI=1S/C18H29NO2S/c1-11-9-7-8-10-17(11)19-22(20,21)18-15(5)13(3)12(2)14(4)16(18)6/h11,17,19H,7-10H2,1-6H3. The molecule has 22 heavy (non-hydrogen) atoms. The Morgan fingerprint density at radius 2 is 1.27 bits per heavy atom. The average Bonchev–Trinajstić information content (AvgIpc) is 2.45. The van der Waals surface area contributed by atoms with E-state index in [2.05, 4.69) is 18.6 Å². The maximum absolute atomic E-state index is 13.0. The van der Waals surface area contributed by atoms with Crippen LogP contribution < -0.4 is 4.72 Å². The van der Waals surface area contributed by atoms with Gasteiger partial charge in [0.25, 0.3) is 0 Å². The van der Waals surface area contributed by atoms with E-state index in [1.165, 1.54) is 12.0 Å². The van der Waals surface area contributed by atoms with Gasteiger partial charge in [-0.2, -0.15) is 0 Å². The summed E-state index contributed by atoms with van der Waals surface area (Å²) in [6.45, 7) is 12.1. The minimum absolute atomic E-state index is 0.0689. The third kappa shape index (κ3) is 3.09. The topological polar surface area (TPSA) is 46.2 Å². The van der Waals surface area contributed by atoms with Crippen molar-refractivity contribution in [1.82, 2.24) is 4.72 Å². The van der Waals surface area contributed by atoms with E-state index in [0.717, 1.165) is 41.5 Å². The molecule has 0 bridgehead atoms. The largest absolute Gasteiger partial charge is 0.241 e. The van der Waals surface area contributed by atoms with Crippen LogP contribution in [0, 0.1) is 40.5 Å². The molecule has 4 heteroatoms. The van der Waals surface area contributed by atoms with E-state index < -0.39 is 10.0 Å². The second-order valence-electron chi connectivity index (χ2n) is 6.94. The smallest absolute Gasteiger partial charge is 0.208 e. The van der Waals surface area contributed by atoms with Gasteiger partial charge in [0.2, 0.25) is 10.0 Å². The van der Waals surface area contributed by atoms with Crippen LogP contribution in [0.2, 0.25) is 0 Å². The van der Waals surface area contributed by atoms with Crippen LogP contribution in [0.1, 0.15) is 60.4 Å². The van der Waals surface area contributed by atoms with Crippen LogP contribution in [-0.2, 0) is 10.0 Å². The minimum atomic E-state index is -3.47. The lowest BCUT2D eigenvalue weighted by Gasteiger charge is -2.30. The number of sulfonamides is 1. The fraction of sp³-hybridized carbons (Fsp3) is 0.667. The van der Waals surface area contributed by atoms with Gasteiger partial charge in [-0.15, -0.1) is 0 Å². The molecule has 2 unspecified atom stereocenters. The van der Waals surface area contributed by atoms with Gasteiger partial charge in [0.05, 0.1) is 4.90 Å². The van der Waals surface area contributed by atoms with Crippen molar-refractivity contribution >= 4 is 10.0 Å². The Kier molecular flexibility index (Phi) is 5.03. The molecule has 0 radical (unpaired) electrons. The van der Waals surface area contributed by atoms with Crippen LogP contribution in [0.25, 0.3) is 0 Å². The highest BCUT2D eigenvalue weighted by Crippen LogP contribution is 2.31. The lowest BCUT2D eigenvalue weighted by Crippen LogP contribution is -2.41. The molecule has 1 aromatic rings. The lowest BCUT2D eigenvalue weighted by molar-refractivity contribution is 0.310. The molecule has 0 spiro atoms. The molecule has 1 saturated carbocycles. The van der Waals surface area contributed by atoms with Crippen molar-refractivity contribution in [2.45, 2.75) is 78.2 Å². The molecule has 1 aromatic carbocycles. The highest BCUT2D eigenvalue weighted by atomic mass is 32.2. The summed E-state index contributed by atoms with van der Waals surface area (Å²) < 4.78 is 29.0. The normalized spacial score (nSPS) is 22.8. The highest BCUT2D eigenvalue weighted by molar-refractivity contribution is 7.89. The molecule has 0 aliphatic heterocycles. The molecule has 0 amide bonds. The van der Waals surface area contributed by atoms with Crippen LogP contribution in [-0.4, -0.2) is 14.5 Å². The summed E-state index contributed by atoms with van der Waals surface area (Å²) in [5.41, 5.74) is 5.13. The van der Waals surface area contributed by atoms with Crippen molar-refractivity contribution in [2.24, 2.45) is 5.92 Å². The Hall–Kier alpha value is -0.870. The predicted molar refractivity (Wildman–Crippen MR) is 91.9 cm³/mol. The van der Waals surface area contributed by atoms with E-state index in [1.807, 2.05) is 27.7 Å². The fourth-order valence-electron chi connectivity index (χ4n) is 3.62. The zero-order chi connectivity index (χ0) is 16.7. The Labute approximate surface area is 135 Å². The maximum atomic E-state index is 13.0. The summed E-state index contributed by atoms with van der Waals surface area (Å²) in [4.78, 5) is 0.492. The molecule has 1 fully saturated rings. The number of nitrogens with one attached hydrogen (secondary N) is 1. The van der Waals surface area contributed by atoms with Gasteiger partial charge < -0.3 is 0 Å². The molecule has 1 N–H and O–H groups in total. The van der Waals surface area contributed by atoms with Gasteiger partial charge in [0.1, 0.15) is 0 Å². The van der Waals surface area contributed by atoms with Crippen molar-refractivity contribution in [3.8, 4) is 0 Å². The minimum Gasteiger partial charge on any atom is -0.208 e. The van der Waals surface area contributed by atoms with Gasteiger partial charge in [-0.05, 0) is 81.2 Å². The van der Waals surface area contributed by atoms with Crippen molar-refractivity contribution in [3.63, 3.8) is 0 Å². The first kappa shape index (κ1) is 17.5. The number of hydrogen-bond donors (Lipinski definition) is 1. The van der Waals surface area contributed by atoms with Gasteiger partial charge in [0, 0.05) is 6.04 Å². The molecular weight excluding hydrogens is 294 g/mol. The maximum Gasteiger partial charge on any atom is 0.241 e. The first-order chi connectivity index (χ1) is 10.2. The van der Waals surface area contributed by atoms with E-state index >= 15 is 0 Å². The van der Waals surface area contributed by atoms with E-state index in [4.69, 9.17) is 0 Å². The van der Waals surface area contributed by atoms with Gasteiger partial charge in [-0.1, -0.05) is 19.8 Å². The molecule has 0 aromatic heterocycles. The zero-order valence-electron chi connectivity index (χ0n) is 14.7. The summed E-state index contributed by atoms with van der Waals surface area (Å²) in [5, 5.41) is 0. The van der Waals surface area contributed by atoms with Gasteiger partial charge in [-0.3, -0.25) is 0 Å². The van der Waals surface area contributed by atoms with Crippen LogP contribution >= 0.6 is 0 Å². The molecular formula is C18H29NO2S. The van der Waals surface area contributed by atoms with Crippen LogP contribution in [0.4, 0.5) is 0 Å². The van der Waals surface area contributed by atoms with Crippen LogP contribution in [0.15, 0.2) is 4.90 Å². The summed E-state index contributed by atoms with van der Waals surface area (Å²) in [6, 6.07) is 0.0689. The van der Waals surface area contributed by atoms with Crippen molar-refractivity contribution < 1.29 is 8.42 Å². The second kappa shape index (κ2) is 6.32. The Morgan fingerprint density at radius 3 is 1.77 bits per heavy atom. The fourth-order valence-corrected chi connectivity index (χ4v) is 5.60. The molecule has 124 valence electrons. The monoisotopic (exact) mass is 323 g/mol. The Morgan fingerprint density at radius 1 is 0.818 bits per heavy atom. The first-order valence-corrected chi connectivity index (χ1v) is 9.74. The summed E-state index contributed by atoms with van der Waals surface area (Å²) in [5.74, 6) is 0.414. The van der Waals surface area contributed by atoms with Crippen molar-refractivity contribution in [1.29, 1.82) is 0 Å². The Balaban J connectivity index is 2.46. The first-order valence-electron chi connectivity index (χ1n) is 8.26.